The van der Waals surface area contributed by atoms with E-state index in [1.54, 1.807) is 30.3 Å². The van der Waals surface area contributed by atoms with Gasteiger partial charge in [-0.3, -0.25) is 19.3 Å². The molecule has 9 nitrogen and oxygen atoms in total. The fraction of sp³-hybridized carbons (Fsp3) is 0.400. The molecular weight excluding hydrogens is 472 g/mol. The quantitative estimate of drug-likeness (QED) is 0.608. The van der Waals surface area contributed by atoms with Crippen LogP contribution in [-0.4, -0.2) is 54.9 Å². The number of hydrogen-bond donors (Lipinski definition) is 1. The molecule has 10 heteroatoms. The molecule has 1 atom stereocenters. The molecule has 1 aliphatic carbocycles. The van der Waals surface area contributed by atoms with Crippen LogP contribution in [0.3, 0.4) is 0 Å². The minimum Gasteiger partial charge on any atom is -0.448 e. The molecule has 0 saturated heterocycles. The number of anilines is 1. The lowest BCUT2D eigenvalue weighted by molar-refractivity contribution is -0.120. The van der Waals surface area contributed by atoms with Crippen molar-refractivity contribution in [2.45, 2.75) is 50.4 Å². The molecular formula is C25H26N2O7S. The zero-order chi connectivity index (χ0) is 24.8. The summed E-state index contributed by atoms with van der Waals surface area (Å²) in [5.74, 6) is -1.82. The van der Waals surface area contributed by atoms with E-state index >= 15 is 0 Å². The first-order valence-corrected chi connectivity index (χ1v) is 13.7. The van der Waals surface area contributed by atoms with Crippen molar-refractivity contribution in [2.75, 3.05) is 17.3 Å². The Labute approximate surface area is 203 Å². The highest BCUT2D eigenvalue weighted by Crippen LogP contribution is 2.46. The van der Waals surface area contributed by atoms with E-state index in [-0.39, 0.29) is 23.3 Å². The minimum absolute atomic E-state index is 0.190. The number of fused-ring (bicyclic) bond motifs is 2. The molecule has 35 heavy (non-hydrogen) atoms. The van der Waals surface area contributed by atoms with E-state index in [1.165, 1.54) is 12.1 Å². The second kappa shape index (κ2) is 8.67. The summed E-state index contributed by atoms with van der Waals surface area (Å²) in [5, 5.41) is 2.73. The highest BCUT2D eigenvalue weighted by molar-refractivity contribution is 7.90. The monoisotopic (exact) mass is 498 g/mol. The number of imide groups is 1. The Morgan fingerprint density at radius 1 is 1.00 bits per heavy atom. The van der Waals surface area contributed by atoms with Crippen LogP contribution in [0.2, 0.25) is 0 Å². The zero-order valence-corrected chi connectivity index (χ0v) is 20.1. The summed E-state index contributed by atoms with van der Waals surface area (Å²) in [6, 6.07) is 9.99. The van der Waals surface area contributed by atoms with Crippen LogP contribution in [0.15, 0.2) is 42.5 Å². The van der Waals surface area contributed by atoms with E-state index in [0.717, 1.165) is 43.3 Å². The molecule has 2 aromatic rings. The summed E-state index contributed by atoms with van der Waals surface area (Å²) >= 11 is 0. The number of sulfone groups is 1. The highest BCUT2D eigenvalue weighted by atomic mass is 32.2. The van der Waals surface area contributed by atoms with Crippen molar-refractivity contribution in [2.24, 2.45) is 0 Å². The summed E-state index contributed by atoms with van der Waals surface area (Å²) in [7, 11) is -3.45. The van der Waals surface area contributed by atoms with E-state index in [2.05, 4.69) is 5.32 Å². The SMILES string of the molecule is CS(=O)(=O)CCC(C(=O)Nc1ccc2c(c1)OC1(CCCCC1)O2)N1C(=O)c2ccccc2C1=O. The maximum atomic E-state index is 13.3. The van der Waals surface area contributed by atoms with Crippen LogP contribution >= 0.6 is 0 Å². The molecule has 5 rings (SSSR count). The number of ether oxygens (including phenoxy) is 2. The zero-order valence-electron chi connectivity index (χ0n) is 19.3. The maximum absolute atomic E-state index is 13.3. The number of benzene rings is 2. The molecule has 3 amide bonds. The number of carbonyl (C=O) groups excluding carboxylic acids is 3. The van der Waals surface area contributed by atoms with Crippen LogP contribution in [0.1, 0.15) is 59.2 Å². The Balaban J connectivity index is 1.38. The average Bonchev–Trinajstić information content (AvgIpc) is 3.28. The van der Waals surface area contributed by atoms with Gasteiger partial charge in [0.05, 0.1) is 16.9 Å². The summed E-state index contributed by atoms with van der Waals surface area (Å²) in [6.45, 7) is 0. The second-order valence-corrected chi connectivity index (χ2v) is 11.5. The van der Waals surface area contributed by atoms with E-state index in [9.17, 15) is 22.8 Å². The Kier molecular flexibility index (Phi) is 5.79. The van der Waals surface area contributed by atoms with Gasteiger partial charge >= 0.3 is 0 Å². The van der Waals surface area contributed by atoms with Gasteiger partial charge in [-0.2, -0.15) is 0 Å². The van der Waals surface area contributed by atoms with Crippen LogP contribution in [0.4, 0.5) is 5.69 Å². The first kappa shape index (κ1) is 23.3. The molecule has 3 aliphatic rings. The molecule has 0 bridgehead atoms. The summed E-state index contributed by atoms with van der Waals surface area (Å²) < 4.78 is 35.9. The number of hydrogen-bond acceptors (Lipinski definition) is 7. The van der Waals surface area contributed by atoms with Gasteiger partial charge in [0.1, 0.15) is 15.9 Å². The molecule has 0 radical (unpaired) electrons. The van der Waals surface area contributed by atoms with Crippen LogP contribution < -0.4 is 14.8 Å². The molecule has 2 heterocycles. The van der Waals surface area contributed by atoms with Gasteiger partial charge in [0.15, 0.2) is 11.5 Å². The van der Waals surface area contributed by atoms with Gasteiger partial charge in [-0.05, 0) is 43.5 Å². The van der Waals surface area contributed by atoms with Crippen LogP contribution in [-0.2, 0) is 14.6 Å². The lowest BCUT2D eigenvalue weighted by Crippen LogP contribution is -2.48. The third kappa shape index (κ3) is 4.50. The predicted molar refractivity (Wildman–Crippen MR) is 127 cm³/mol. The summed E-state index contributed by atoms with van der Waals surface area (Å²) in [4.78, 5) is 40.2. The number of rotatable bonds is 6. The fourth-order valence-corrected chi connectivity index (χ4v) is 5.54. The topological polar surface area (TPSA) is 119 Å². The van der Waals surface area contributed by atoms with Crippen molar-refractivity contribution < 1.29 is 32.3 Å². The smallest absolute Gasteiger partial charge is 0.262 e. The van der Waals surface area contributed by atoms with E-state index in [0.29, 0.717) is 17.2 Å². The number of amides is 3. The maximum Gasteiger partial charge on any atom is 0.262 e. The Morgan fingerprint density at radius 2 is 1.63 bits per heavy atom. The molecule has 184 valence electrons. The molecule has 1 unspecified atom stereocenters. The van der Waals surface area contributed by atoms with Crippen molar-refractivity contribution in [1.29, 1.82) is 0 Å². The van der Waals surface area contributed by atoms with Gasteiger partial charge in [-0.1, -0.05) is 18.6 Å². The van der Waals surface area contributed by atoms with Crippen molar-refractivity contribution in [3.8, 4) is 11.5 Å². The minimum atomic E-state index is -3.45. The Morgan fingerprint density at radius 3 is 2.26 bits per heavy atom. The van der Waals surface area contributed by atoms with Gasteiger partial charge < -0.3 is 14.8 Å². The molecule has 1 fully saturated rings. The van der Waals surface area contributed by atoms with Crippen molar-refractivity contribution in [3.63, 3.8) is 0 Å². The third-order valence-electron chi connectivity index (χ3n) is 6.62. The van der Waals surface area contributed by atoms with Gasteiger partial charge in [0.2, 0.25) is 5.91 Å². The normalized spacial score (nSPS) is 19.1. The van der Waals surface area contributed by atoms with Gasteiger partial charge in [0, 0.05) is 30.9 Å². The van der Waals surface area contributed by atoms with Crippen molar-refractivity contribution >= 4 is 33.2 Å². The van der Waals surface area contributed by atoms with Crippen molar-refractivity contribution in [3.05, 3.63) is 53.6 Å². The third-order valence-corrected chi connectivity index (χ3v) is 7.60. The molecule has 0 aromatic heterocycles. The van der Waals surface area contributed by atoms with E-state index in [4.69, 9.17) is 9.47 Å². The number of nitrogens with one attached hydrogen (secondary N) is 1. The summed E-state index contributed by atoms with van der Waals surface area (Å²) in [6.07, 6.45) is 5.57. The standard InChI is InChI=1S/C25H26N2O7S/c1-35(31,32)14-11-19(27-23(29)17-7-3-4-8-18(17)24(27)30)22(28)26-16-9-10-20-21(15-16)34-25(33-20)12-5-2-6-13-25/h3-4,7-10,15,19H,2,5-6,11-14H2,1H3,(H,26,28). The van der Waals surface area contributed by atoms with E-state index in [1.807, 2.05) is 0 Å². The Bertz CT molecular complexity index is 1280. The van der Waals surface area contributed by atoms with Gasteiger partial charge in [-0.15, -0.1) is 0 Å². The predicted octanol–water partition coefficient (Wildman–Crippen LogP) is 3.16. The van der Waals surface area contributed by atoms with Crippen LogP contribution in [0.5, 0.6) is 11.5 Å². The molecule has 2 aliphatic heterocycles. The second-order valence-electron chi connectivity index (χ2n) is 9.29. The molecule has 1 saturated carbocycles. The lowest BCUT2D eigenvalue weighted by atomic mass is 9.94. The fourth-order valence-electron chi connectivity index (χ4n) is 4.89. The van der Waals surface area contributed by atoms with E-state index < -0.39 is 39.4 Å². The summed E-state index contributed by atoms with van der Waals surface area (Å²) in [5.41, 5.74) is 0.775. The number of carbonyl (C=O) groups is 3. The molecule has 1 N–H and O–H groups in total. The number of nitrogens with zero attached hydrogens (tertiary/aromatic N) is 1. The van der Waals surface area contributed by atoms with Gasteiger partial charge in [0.25, 0.3) is 17.6 Å². The van der Waals surface area contributed by atoms with Crippen LogP contribution in [0, 0.1) is 0 Å². The van der Waals surface area contributed by atoms with Crippen LogP contribution in [0.25, 0.3) is 0 Å². The van der Waals surface area contributed by atoms with Gasteiger partial charge in [-0.25, -0.2) is 8.42 Å². The average molecular weight is 499 g/mol. The largest absolute Gasteiger partial charge is 0.448 e. The first-order valence-electron chi connectivity index (χ1n) is 11.6. The highest BCUT2D eigenvalue weighted by Gasteiger charge is 2.44. The Hall–Kier alpha value is -3.40. The first-order chi connectivity index (χ1) is 16.7. The lowest BCUT2D eigenvalue weighted by Gasteiger charge is -2.31. The van der Waals surface area contributed by atoms with Crippen molar-refractivity contribution in [1.82, 2.24) is 4.90 Å². The molecule has 1 spiro atoms. The molecule has 2 aromatic carbocycles.